The molecule has 152 valence electrons. The van der Waals surface area contributed by atoms with Crippen LogP contribution in [0.4, 0.5) is 5.69 Å². The molecule has 0 saturated carbocycles. The van der Waals surface area contributed by atoms with Gasteiger partial charge in [-0.15, -0.1) is 0 Å². The lowest BCUT2D eigenvalue weighted by molar-refractivity contribution is -0.139. The van der Waals surface area contributed by atoms with Gasteiger partial charge in [0.15, 0.2) is 0 Å². The van der Waals surface area contributed by atoms with Crippen LogP contribution in [0.2, 0.25) is 0 Å². The summed E-state index contributed by atoms with van der Waals surface area (Å²) in [6.45, 7) is 1.92. The summed E-state index contributed by atoms with van der Waals surface area (Å²) in [7, 11) is 2.44. The first-order valence-electron chi connectivity index (χ1n) is 9.16. The molecule has 7 nitrogen and oxygen atoms in total. The maximum Gasteiger partial charge on any atom is 0.355 e. The summed E-state index contributed by atoms with van der Waals surface area (Å²) in [5.41, 5.74) is 8.58. The van der Waals surface area contributed by atoms with Crippen LogP contribution >= 0.6 is 0 Å². The highest BCUT2D eigenvalue weighted by Crippen LogP contribution is 2.43. The number of anilines is 1. The molecule has 0 bridgehead atoms. The minimum absolute atomic E-state index is 0.0122. The van der Waals surface area contributed by atoms with Gasteiger partial charge < -0.3 is 15.2 Å². The van der Waals surface area contributed by atoms with E-state index in [4.69, 9.17) is 15.2 Å². The Labute approximate surface area is 174 Å². The summed E-state index contributed by atoms with van der Waals surface area (Å²) < 4.78 is 9.98. The Balaban J connectivity index is 2.39. The van der Waals surface area contributed by atoms with Gasteiger partial charge in [0, 0.05) is 5.69 Å². The van der Waals surface area contributed by atoms with Gasteiger partial charge in [-0.3, -0.25) is 4.90 Å². The number of nitrogens with two attached hydrogens (primary N) is 1. The van der Waals surface area contributed by atoms with Gasteiger partial charge in [0.05, 0.1) is 37.4 Å². The molecule has 1 heterocycles. The lowest BCUT2D eigenvalue weighted by Gasteiger charge is -2.35. The SMILES string of the molecule is COC(=O)C1=C(C(=O)OC)N(c2ccc(C)cc2)C(N)=C(C#N)C1c1ccccc1. The number of aryl methyl sites for hydroxylation is 1. The van der Waals surface area contributed by atoms with Crippen molar-refractivity contribution in [1.82, 2.24) is 0 Å². The predicted molar refractivity (Wildman–Crippen MR) is 111 cm³/mol. The van der Waals surface area contributed by atoms with Gasteiger partial charge in [-0.1, -0.05) is 48.0 Å². The third-order valence-corrected chi connectivity index (χ3v) is 4.90. The first-order valence-corrected chi connectivity index (χ1v) is 9.16. The predicted octanol–water partition coefficient (Wildman–Crippen LogP) is 2.89. The third-order valence-electron chi connectivity index (χ3n) is 4.90. The van der Waals surface area contributed by atoms with Crippen molar-refractivity contribution in [1.29, 1.82) is 5.26 Å². The summed E-state index contributed by atoms with van der Waals surface area (Å²) in [6.07, 6.45) is 0. The molecule has 2 aromatic carbocycles. The molecule has 0 spiro atoms. The number of allylic oxidation sites excluding steroid dienone is 1. The average Bonchev–Trinajstić information content (AvgIpc) is 2.78. The number of hydrogen-bond acceptors (Lipinski definition) is 7. The second-order valence-corrected chi connectivity index (χ2v) is 6.67. The van der Waals surface area contributed by atoms with E-state index < -0.39 is 17.9 Å². The number of carbonyl (C=O) groups is 2. The van der Waals surface area contributed by atoms with Crippen LogP contribution in [0.25, 0.3) is 0 Å². The lowest BCUT2D eigenvalue weighted by atomic mass is 9.81. The van der Waals surface area contributed by atoms with Gasteiger partial charge in [-0.05, 0) is 24.6 Å². The van der Waals surface area contributed by atoms with Crippen LogP contribution in [-0.2, 0) is 19.1 Å². The first kappa shape index (κ1) is 20.7. The molecule has 1 unspecified atom stereocenters. The second kappa shape index (κ2) is 8.53. The second-order valence-electron chi connectivity index (χ2n) is 6.67. The summed E-state index contributed by atoms with van der Waals surface area (Å²) in [5.74, 6) is -2.35. The van der Waals surface area contributed by atoms with E-state index in [0.717, 1.165) is 5.56 Å². The number of esters is 2. The summed E-state index contributed by atoms with van der Waals surface area (Å²) >= 11 is 0. The van der Waals surface area contributed by atoms with E-state index in [1.54, 1.807) is 36.4 Å². The molecule has 1 aliphatic heterocycles. The standard InChI is InChI=1S/C23H21N3O4/c1-14-9-11-16(12-10-14)26-20(23(28)30-3)19(22(27)29-2)18(17(13-24)21(26)25)15-7-5-4-6-8-15/h4-12,18H,25H2,1-3H3. The lowest BCUT2D eigenvalue weighted by Crippen LogP contribution is -2.40. The van der Waals surface area contributed by atoms with E-state index in [9.17, 15) is 14.9 Å². The van der Waals surface area contributed by atoms with Gasteiger partial charge in [-0.2, -0.15) is 5.26 Å². The van der Waals surface area contributed by atoms with Gasteiger partial charge in [0.25, 0.3) is 0 Å². The van der Waals surface area contributed by atoms with Gasteiger partial charge in [0.1, 0.15) is 11.5 Å². The van der Waals surface area contributed by atoms with Gasteiger partial charge >= 0.3 is 11.9 Å². The number of nitriles is 1. The number of methoxy groups -OCH3 is 2. The smallest absolute Gasteiger partial charge is 0.355 e. The highest BCUT2D eigenvalue weighted by molar-refractivity contribution is 6.06. The summed E-state index contributed by atoms with van der Waals surface area (Å²) in [5, 5.41) is 9.95. The quantitative estimate of drug-likeness (QED) is 0.783. The molecule has 3 rings (SSSR count). The topological polar surface area (TPSA) is 106 Å². The van der Waals surface area contributed by atoms with E-state index in [1.165, 1.54) is 19.1 Å². The van der Waals surface area contributed by atoms with Crippen LogP contribution in [0.15, 0.2) is 77.3 Å². The van der Waals surface area contributed by atoms with Crippen molar-refractivity contribution in [3.8, 4) is 6.07 Å². The first-order chi connectivity index (χ1) is 14.4. The van der Waals surface area contributed by atoms with Crippen LogP contribution in [0.1, 0.15) is 17.0 Å². The third kappa shape index (κ3) is 3.51. The molecule has 0 aliphatic carbocycles. The Hall–Kier alpha value is -4.05. The molecule has 1 aliphatic rings. The zero-order valence-electron chi connectivity index (χ0n) is 16.9. The van der Waals surface area contributed by atoms with Crippen molar-refractivity contribution in [2.45, 2.75) is 12.8 Å². The number of hydrogen-bond donors (Lipinski definition) is 1. The van der Waals surface area contributed by atoms with Crippen molar-refractivity contribution in [2.24, 2.45) is 5.73 Å². The molecular formula is C23H21N3O4. The minimum Gasteiger partial charge on any atom is -0.466 e. The van der Waals surface area contributed by atoms with Crippen LogP contribution < -0.4 is 10.6 Å². The average molecular weight is 403 g/mol. The van der Waals surface area contributed by atoms with E-state index in [-0.39, 0.29) is 22.7 Å². The molecule has 0 aromatic heterocycles. The molecule has 0 fully saturated rings. The van der Waals surface area contributed by atoms with Crippen molar-refractivity contribution >= 4 is 17.6 Å². The molecule has 0 radical (unpaired) electrons. The zero-order chi connectivity index (χ0) is 21.8. The Kier molecular flexibility index (Phi) is 5.88. The van der Waals surface area contributed by atoms with E-state index in [1.807, 2.05) is 25.1 Å². The monoisotopic (exact) mass is 403 g/mol. The maximum atomic E-state index is 12.9. The van der Waals surface area contributed by atoms with Crippen LogP contribution in [0.3, 0.4) is 0 Å². The number of nitrogens with zero attached hydrogens (tertiary/aromatic N) is 2. The van der Waals surface area contributed by atoms with Crippen molar-refractivity contribution < 1.29 is 19.1 Å². The number of benzene rings is 2. The Morgan fingerprint density at radius 3 is 2.13 bits per heavy atom. The van der Waals surface area contributed by atoms with E-state index >= 15 is 0 Å². The fourth-order valence-corrected chi connectivity index (χ4v) is 3.48. The maximum absolute atomic E-state index is 12.9. The molecule has 2 aromatic rings. The fraction of sp³-hybridized carbons (Fsp3) is 0.174. The Bertz CT molecular complexity index is 1080. The van der Waals surface area contributed by atoms with Crippen LogP contribution in [-0.4, -0.2) is 26.2 Å². The molecule has 0 amide bonds. The molecule has 7 heteroatoms. The van der Waals surface area contributed by atoms with Crippen molar-refractivity contribution in [3.05, 3.63) is 88.4 Å². The number of rotatable bonds is 4. The van der Waals surface area contributed by atoms with Gasteiger partial charge in [-0.25, -0.2) is 9.59 Å². The largest absolute Gasteiger partial charge is 0.466 e. The van der Waals surface area contributed by atoms with E-state index in [2.05, 4.69) is 6.07 Å². The number of carbonyl (C=O) groups excluding carboxylic acids is 2. The molecule has 2 N–H and O–H groups in total. The minimum atomic E-state index is -0.876. The molecule has 30 heavy (non-hydrogen) atoms. The van der Waals surface area contributed by atoms with E-state index in [0.29, 0.717) is 11.3 Å². The molecule has 1 atom stereocenters. The van der Waals surface area contributed by atoms with Crippen molar-refractivity contribution in [2.75, 3.05) is 19.1 Å². The highest BCUT2D eigenvalue weighted by atomic mass is 16.5. The highest BCUT2D eigenvalue weighted by Gasteiger charge is 2.42. The zero-order valence-corrected chi connectivity index (χ0v) is 16.9. The van der Waals surface area contributed by atoms with Crippen molar-refractivity contribution in [3.63, 3.8) is 0 Å². The van der Waals surface area contributed by atoms with Crippen LogP contribution in [0.5, 0.6) is 0 Å². The summed E-state index contributed by atoms with van der Waals surface area (Å²) in [4.78, 5) is 27.1. The van der Waals surface area contributed by atoms with Gasteiger partial charge in [0.2, 0.25) is 0 Å². The van der Waals surface area contributed by atoms with Crippen LogP contribution in [0, 0.1) is 18.3 Å². The Morgan fingerprint density at radius 2 is 1.60 bits per heavy atom. The summed E-state index contributed by atoms with van der Waals surface area (Å²) in [6, 6.07) is 18.2. The molecule has 0 saturated heterocycles. The fourth-order valence-electron chi connectivity index (χ4n) is 3.48. The molecular weight excluding hydrogens is 382 g/mol. The Morgan fingerprint density at radius 1 is 1.00 bits per heavy atom. The number of ether oxygens (including phenoxy) is 2. The normalized spacial score (nSPS) is 16.2.